The topological polar surface area (TPSA) is 34.9 Å². The Morgan fingerprint density at radius 1 is 1.09 bits per heavy atom. The fourth-order valence-corrected chi connectivity index (χ4v) is 4.66. The summed E-state index contributed by atoms with van der Waals surface area (Å²) in [5.41, 5.74) is 2.02. The maximum Gasteiger partial charge on any atom is 0.104 e. The molecule has 3 aliphatic rings. The number of rotatable bonds is 6. The Labute approximate surface area is 139 Å². The number of epoxide rings is 1. The minimum atomic E-state index is 0.413. The lowest BCUT2D eigenvalue weighted by Gasteiger charge is -2.45. The molecule has 0 bridgehead atoms. The van der Waals surface area contributed by atoms with E-state index in [0.29, 0.717) is 17.6 Å². The van der Waals surface area contributed by atoms with Crippen LogP contribution in [0.1, 0.15) is 63.4 Å². The zero-order chi connectivity index (χ0) is 15.5. The SMILES string of the molecule is c1cc(CCC2CCC3(CC2)CCC(OCC2CO2)CC3)co1. The summed E-state index contributed by atoms with van der Waals surface area (Å²) in [5.74, 6) is 0.927. The summed E-state index contributed by atoms with van der Waals surface area (Å²) in [7, 11) is 0. The molecule has 0 radical (unpaired) electrons. The summed E-state index contributed by atoms with van der Waals surface area (Å²) in [4.78, 5) is 0. The number of aryl methyl sites for hydroxylation is 1. The number of hydrogen-bond acceptors (Lipinski definition) is 3. The van der Waals surface area contributed by atoms with Crippen molar-refractivity contribution >= 4 is 0 Å². The largest absolute Gasteiger partial charge is 0.472 e. The number of hydrogen-bond donors (Lipinski definition) is 0. The molecule has 2 heterocycles. The molecule has 1 atom stereocenters. The molecule has 0 aromatic carbocycles. The van der Waals surface area contributed by atoms with Crippen molar-refractivity contribution < 1.29 is 13.9 Å². The highest BCUT2D eigenvalue weighted by Crippen LogP contribution is 2.50. The fourth-order valence-electron chi connectivity index (χ4n) is 4.66. The third-order valence-electron chi connectivity index (χ3n) is 6.50. The van der Waals surface area contributed by atoms with Crippen LogP contribution in [0.3, 0.4) is 0 Å². The highest BCUT2D eigenvalue weighted by molar-refractivity contribution is 5.05. The van der Waals surface area contributed by atoms with Crippen LogP contribution in [0.5, 0.6) is 0 Å². The first-order chi connectivity index (χ1) is 11.3. The van der Waals surface area contributed by atoms with Gasteiger partial charge in [-0.2, -0.15) is 0 Å². The summed E-state index contributed by atoms with van der Waals surface area (Å²) >= 11 is 0. The van der Waals surface area contributed by atoms with Gasteiger partial charge in [-0.15, -0.1) is 0 Å². The maximum atomic E-state index is 6.01. The van der Waals surface area contributed by atoms with Gasteiger partial charge in [0.05, 0.1) is 31.8 Å². The van der Waals surface area contributed by atoms with Gasteiger partial charge in [-0.3, -0.25) is 0 Å². The van der Waals surface area contributed by atoms with Gasteiger partial charge in [0, 0.05) is 0 Å². The third kappa shape index (κ3) is 4.19. The fraction of sp³-hybridized carbons (Fsp3) is 0.800. The first-order valence-electron chi connectivity index (χ1n) is 9.56. The van der Waals surface area contributed by atoms with Gasteiger partial charge in [-0.1, -0.05) is 0 Å². The second-order valence-electron chi connectivity index (χ2n) is 8.10. The summed E-state index contributed by atoms with van der Waals surface area (Å²) in [6.07, 6.45) is 18.2. The molecule has 3 nitrogen and oxygen atoms in total. The van der Waals surface area contributed by atoms with Crippen molar-refractivity contribution in [1.29, 1.82) is 0 Å². The minimum absolute atomic E-state index is 0.413. The lowest BCUT2D eigenvalue weighted by atomic mass is 9.62. The van der Waals surface area contributed by atoms with Gasteiger partial charge < -0.3 is 13.9 Å². The van der Waals surface area contributed by atoms with Gasteiger partial charge in [-0.25, -0.2) is 0 Å². The van der Waals surface area contributed by atoms with E-state index in [1.165, 1.54) is 69.8 Å². The summed E-state index contributed by atoms with van der Waals surface area (Å²) in [6.45, 7) is 1.74. The van der Waals surface area contributed by atoms with Crippen LogP contribution in [0.2, 0.25) is 0 Å². The van der Waals surface area contributed by atoms with Crippen LogP contribution in [0.25, 0.3) is 0 Å². The Kier molecular flexibility index (Phi) is 4.77. The molecule has 1 saturated heterocycles. The molecule has 4 rings (SSSR count). The Morgan fingerprint density at radius 2 is 1.83 bits per heavy atom. The molecule has 0 amide bonds. The van der Waals surface area contributed by atoms with Crippen molar-refractivity contribution in [2.24, 2.45) is 11.3 Å². The predicted octanol–water partition coefficient (Wildman–Crippen LogP) is 4.75. The van der Waals surface area contributed by atoms with Crippen molar-refractivity contribution in [3.63, 3.8) is 0 Å². The van der Waals surface area contributed by atoms with Crippen molar-refractivity contribution in [2.45, 2.75) is 76.4 Å². The molecule has 1 aromatic heterocycles. The van der Waals surface area contributed by atoms with Crippen molar-refractivity contribution in [3.8, 4) is 0 Å². The molecule has 3 heteroatoms. The van der Waals surface area contributed by atoms with Crippen LogP contribution in [-0.4, -0.2) is 25.4 Å². The number of furan rings is 1. The van der Waals surface area contributed by atoms with Gasteiger partial charge >= 0.3 is 0 Å². The lowest BCUT2D eigenvalue weighted by molar-refractivity contribution is -0.0234. The van der Waals surface area contributed by atoms with E-state index in [1.807, 2.05) is 6.26 Å². The van der Waals surface area contributed by atoms with Gasteiger partial charge in [0.15, 0.2) is 0 Å². The van der Waals surface area contributed by atoms with Gasteiger partial charge in [0.1, 0.15) is 6.10 Å². The molecule has 1 aromatic rings. The second kappa shape index (κ2) is 6.98. The van der Waals surface area contributed by atoms with E-state index in [-0.39, 0.29) is 0 Å². The average Bonchev–Trinajstić information content (AvgIpc) is 3.27. The molecule has 0 N–H and O–H groups in total. The number of ether oxygens (including phenoxy) is 2. The summed E-state index contributed by atoms with van der Waals surface area (Å²) < 4.78 is 16.4. The van der Waals surface area contributed by atoms with Gasteiger partial charge in [0.25, 0.3) is 0 Å². The Bertz CT molecular complexity index is 459. The van der Waals surface area contributed by atoms with Crippen molar-refractivity contribution in [1.82, 2.24) is 0 Å². The molecule has 128 valence electrons. The summed E-state index contributed by atoms with van der Waals surface area (Å²) in [6, 6.07) is 2.11. The molecule has 2 aliphatic carbocycles. The van der Waals surface area contributed by atoms with Crippen molar-refractivity contribution in [2.75, 3.05) is 13.2 Å². The minimum Gasteiger partial charge on any atom is -0.472 e. The molecule has 3 fully saturated rings. The Balaban J connectivity index is 1.17. The average molecular weight is 318 g/mol. The van der Waals surface area contributed by atoms with Crippen LogP contribution in [0.15, 0.2) is 23.0 Å². The third-order valence-corrected chi connectivity index (χ3v) is 6.50. The van der Waals surface area contributed by atoms with Crippen LogP contribution in [0, 0.1) is 11.3 Å². The quantitative estimate of drug-likeness (QED) is 0.710. The van der Waals surface area contributed by atoms with E-state index in [9.17, 15) is 0 Å². The second-order valence-corrected chi connectivity index (χ2v) is 8.10. The zero-order valence-corrected chi connectivity index (χ0v) is 14.2. The normalized spacial score (nSPS) is 37.1. The van der Waals surface area contributed by atoms with Gasteiger partial charge in [0.2, 0.25) is 0 Å². The van der Waals surface area contributed by atoms with Crippen LogP contribution in [-0.2, 0) is 15.9 Å². The highest BCUT2D eigenvalue weighted by atomic mass is 16.6. The van der Waals surface area contributed by atoms with Crippen LogP contribution in [0.4, 0.5) is 0 Å². The maximum absolute atomic E-state index is 6.01. The highest BCUT2D eigenvalue weighted by Gasteiger charge is 2.39. The first kappa shape index (κ1) is 15.7. The molecule has 1 aliphatic heterocycles. The molecular formula is C20H30O3. The monoisotopic (exact) mass is 318 g/mol. The first-order valence-corrected chi connectivity index (χ1v) is 9.56. The van der Waals surface area contributed by atoms with Crippen molar-refractivity contribution in [3.05, 3.63) is 24.2 Å². The van der Waals surface area contributed by atoms with E-state index in [1.54, 1.807) is 6.26 Å². The molecule has 1 unspecified atom stereocenters. The molecule has 23 heavy (non-hydrogen) atoms. The standard InChI is InChI=1S/C20H30O3/c1(2-17-7-12-21-13-17)16-3-8-20(9-4-16)10-5-18(6-11-20)22-14-19-15-23-19/h7,12-13,16,18-19H,1-6,8-11,14-15H2. The van der Waals surface area contributed by atoms with E-state index in [0.717, 1.165) is 19.1 Å². The smallest absolute Gasteiger partial charge is 0.104 e. The van der Waals surface area contributed by atoms with Gasteiger partial charge in [-0.05, 0) is 87.2 Å². The molecular weight excluding hydrogens is 288 g/mol. The van der Waals surface area contributed by atoms with E-state index in [4.69, 9.17) is 13.9 Å². The summed E-state index contributed by atoms with van der Waals surface area (Å²) in [5, 5.41) is 0. The predicted molar refractivity (Wildman–Crippen MR) is 89.4 cm³/mol. The Hall–Kier alpha value is -0.800. The van der Waals surface area contributed by atoms with E-state index in [2.05, 4.69) is 6.07 Å². The lowest BCUT2D eigenvalue weighted by Crippen LogP contribution is -2.35. The molecule has 2 saturated carbocycles. The van der Waals surface area contributed by atoms with E-state index >= 15 is 0 Å². The molecule has 1 spiro atoms. The van der Waals surface area contributed by atoms with Crippen LogP contribution >= 0.6 is 0 Å². The van der Waals surface area contributed by atoms with E-state index < -0.39 is 0 Å². The van der Waals surface area contributed by atoms with Crippen LogP contribution < -0.4 is 0 Å². The Morgan fingerprint density at radius 3 is 2.48 bits per heavy atom. The zero-order valence-electron chi connectivity index (χ0n) is 14.2.